The van der Waals surface area contributed by atoms with E-state index in [0.717, 1.165) is 24.3 Å². The fourth-order valence-corrected chi connectivity index (χ4v) is 5.55. The van der Waals surface area contributed by atoms with Gasteiger partial charge in [-0.15, -0.1) is 0 Å². The van der Waals surface area contributed by atoms with Gasteiger partial charge in [0.2, 0.25) is 9.84 Å². The maximum Gasteiger partial charge on any atom is 0.255 e. The van der Waals surface area contributed by atoms with Crippen molar-refractivity contribution in [2.24, 2.45) is 0 Å². The minimum Gasteiger partial charge on any atom is -0.322 e. The maximum absolute atomic E-state index is 13.3. The van der Waals surface area contributed by atoms with E-state index < -0.39 is 33.3 Å². The smallest absolute Gasteiger partial charge is 0.255 e. The van der Waals surface area contributed by atoms with Gasteiger partial charge in [0, 0.05) is 33.6 Å². The number of halogens is 2. The van der Waals surface area contributed by atoms with Gasteiger partial charge in [-0.05, 0) is 72.8 Å². The Balaban J connectivity index is 1.41. The molecule has 0 bridgehead atoms. The highest BCUT2D eigenvalue weighted by atomic mass is 32.2. The van der Waals surface area contributed by atoms with E-state index in [2.05, 4.69) is 10.6 Å². The van der Waals surface area contributed by atoms with Crippen molar-refractivity contribution in [2.75, 3.05) is 10.6 Å². The van der Waals surface area contributed by atoms with Crippen LogP contribution in [0.2, 0.25) is 0 Å². The average molecular weight is 490 g/mol. The minimum atomic E-state index is -3.92. The lowest BCUT2D eigenvalue weighted by atomic mass is 10.0. The van der Waals surface area contributed by atoms with E-state index in [4.69, 9.17) is 0 Å². The van der Waals surface area contributed by atoms with Crippen LogP contribution in [0.25, 0.3) is 11.1 Å². The third-order valence-corrected chi connectivity index (χ3v) is 7.39. The van der Waals surface area contributed by atoms with Crippen molar-refractivity contribution in [1.29, 1.82) is 0 Å². The molecule has 2 N–H and O–H groups in total. The number of fused-ring (bicyclic) bond motifs is 3. The summed E-state index contributed by atoms with van der Waals surface area (Å²) in [7, 11) is -3.92. The summed E-state index contributed by atoms with van der Waals surface area (Å²) in [5.74, 6) is -1.97. The zero-order chi connectivity index (χ0) is 24.7. The Kier molecular flexibility index (Phi) is 5.41. The Labute approximate surface area is 199 Å². The van der Waals surface area contributed by atoms with Crippen molar-refractivity contribution in [3.63, 3.8) is 0 Å². The molecule has 4 aromatic carbocycles. The highest BCUT2D eigenvalue weighted by Gasteiger charge is 2.33. The summed E-state index contributed by atoms with van der Waals surface area (Å²) < 4.78 is 52.7. The van der Waals surface area contributed by atoms with Crippen LogP contribution in [-0.4, -0.2) is 20.2 Å². The van der Waals surface area contributed by atoms with Crippen LogP contribution < -0.4 is 10.6 Å². The molecule has 5 rings (SSSR count). The van der Waals surface area contributed by atoms with Crippen LogP contribution in [0, 0.1) is 11.6 Å². The summed E-state index contributed by atoms with van der Waals surface area (Å²) in [6, 6.07) is 19.0. The summed E-state index contributed by atoms with van der Waals surface area (Å²) in [6.45, 7) is 0. The van der Waals surface area contributed by atoms with Crippen molar-refractivity contribution >= 4 is 33.0 Å². The normalized spacial score (nSPS) is 13.0. The van der Waals surface area contributed by atoms with Crippen LogP contribution >= 0.6 is 0 Å². The molecule has 9 heteroatoms. The van der Waals surface area contributed by atoms with Gasteiger partial charge in [0.25, 0.3) is 11.8 Å². The molecule has 1 aliphatic rings. The molecule has 0 spiro atoms. The zero-order valence-electron chi connectivity index (χ0n) is 17.9. The number of rotatable bonds is 4. The fourth-order valence-electron chi connectivity index (χ4n) is 3.82. The molecule has 0 radical (unpaired) electrons. The lowest BCUT2D eigenvalue weighted by molar-refractivity contribution is 0.101. The van der Waals surface area contributed by atoms with Gasteiger partial charge in [-0.2, -0.15) is 0 Å². The molecule has 6 nitrogen and oxygen atoms in total. The van der Waals surface area contributed by atoms with Crippen molar-refractivity contribution in [1.82, 2.24) is 0 Å². The van der Waals surface area contributed by atoms with E-state index in [1.807, 2.05) is 0 Å². The molecule has 1 aliphatic heterocycles. The first-order chi connectivity index (χ1) is 16.7. The first-order valence-corrected chi connectivity index (χ1v) is 11.9. The third kappa shape index (κ3) is 4.17. The Bertz CT molecular complexity index is 1480. The van der Waals surface area contributed by atoms with Crippen molar-refractivity contribution in [3.8, 4) is 11.1 Å². The van der Waals surface area contributed by atoms with Crippen molar-refractivity contribution < 1.29 is 26.8 Å². The second-order valence-corrected chi connectivity index (χ2v) is 9.73. The van der Waals surface area contributed by atoms with Crippen LogP contribution in [0.5, 0.6) is 0 Å². The third-order valence-electron chi connectivity index (χ3n) is 5.56. The molecule has 2 amide bonds. The van der Waals surface area contributed by atoms with E-state index in [-0.39, 0.29) is 32.3 Å². The summed E-state index contributed by atoms with van der Waals surface area (Å²) in [5.41, 5.74) is 1.91. The lowest BCUT2D eigenvalue weighted by Crippen LogP contribution is -2.12. The highest BCUT2D eigenvalue weighted by molar-refractivity contribution is 7.92. The van der Waals surface area contributed by atoms with Gasteiger partial charge < -0.3 is 10.6 Å². The Morgan fingerprint density at radius 2 is 0.943 bits per heavy atom. The van der Waals surface area contributed by atoms with Gasteiger partial charge in [-0.25, -0.2) is 17.2 Å². The number of carbonyl (C=O) groups excluding carboxylic acids is 2. The standard InChI is InChI=1S/C26H16F2N2O4S/c27-17-5-1-15(2-6-17)25(31)29-19-9-11-21-22-12-10-20(14-24(22)35(33,34)23(21)13-19)30-26(32)16-3-7-18(28)8-4-16/h1-14H,(H,29,31)(H,30,32). The van der Waals surface area contributed by atoms with E-state index in [0.29, 0.717) is 11.1 Å². The van der Waals surface area contributed by atoms with Gasteiger partial charge in [0.1, 0.15) is 11.6 Å². The first kappa shape index (κ1) is 22.4. The maximum atomic E-state index is 13.3. The monoisotopic (exact) mass is 490 g/mol. The largest absolute Gasteiger partial charge is 0.322 e. The van der Waals surface area contributed by atoms with Crippen LogP contribution in [0.3, 0.4) is 0 Å². The highest BCUT2D eigenvalue weighted by Crippen LogP contribution is 2.45. The van der Waals surface area contributed by atoms with Gasteiger partial charge >= 0.3 is 0 Å². The summed E-state index contributed by atoms with van der Waals surface area (Å²) in [5, 5.41) is 5.24. The number of hydrogen-bond acceptors (Lipinski definition) is 4. The average Bonchev–Trinajstić information content (AvgIpc) is 3.06. The molecule has 0 unspecified atom stereocenters. The Morgan fingerprint density at radius 1 is 0.571 bits per heavy atom. The number of benzene rings is 4. The molecule has 0 atom stereocenters. The Morgan fingerprint density at radius 3 is 1.31 bits per heavy atom. The summed E-state index contributed by atoms with van der Waals surface area (Å²) in [6.07, 6.45) is 0. The quantitative estimate of drug-likeness (QED) is 0.358. The molecular formula is C26H16F2N2O4S. The van der Waals surface area contributed by atoms with Crippen molar-refractivity contribution in [3.05, 3.63) is 108 Å². The topological polar surface area (TPSA) is 92.3 Å². The second-order valence-electron chi connectivity index (χ2n) is 7.85. The Hall–Kier alpha value is -4.37. The van der Waals surface area contributed by atoms with Crippen LogP contribution in [0.4, 0.5) is 20.2 Å². The number of anilines is 2. The van der Waals surface area contributed by atoms with E-state index in [1.165, 1.54) is 36.4 Å². The van der Waals surface area contributed by atoms with Crippen molar-refractivity contribution in [2.45, 2.75) is 9.79 Å². The number of carbonyl (C=O) groups is 2. The number of amides is 2. The molecule has 0 aromatic heterocycles. The summed E-state index contributed by atoms with van der Waals surface area (Å²) >= 11 is 0. The van der Waals surface area contributed by atoms with Crippen LogP contribution in [0.15, 0.2) is 94.7 Å². The first-order valence-electron chi connectivity index (χ1n) is 10.4. The molecule has 0 aliphatic carbocycles. The zero-order valence-corrected chi connectivity index (χ0v) is 18.7. The number of sulfone groups is 1. The van der Waals surface area contributed by atoms with Gasteiger partial charge in [-0.3, -0.25) is 9.59 Å². The molecular weight excluding hydrogens is 474 g/mol. The molecule has 1 heterocycles. The van der Waals surface area contributed by atoms with Gasteiger partial charge in [0.05, 0.1) is 9.79 Å². The SMILES string of the molecule is O=C(Nc1ccc2c(c1)S(=O)(=O)c1cc(NC(=O)c3ccc(F)cc3)ccc1-2)c1ccc(F)cc1. The van der Waals surface area contributed by atoms with E-state index in [1.54, 1.807) is 24.3 Å². The number of hydrogen-bond donors (Lipinski definition) is 2. The minimum absolute atomic E-state index is 0.0198. The van der Waals surface area contributed by atoms with E-state index in [9.17, 15) is 26.8 Å². The molecule has 4 aromatic rings. The van der Waals surface area contributed by atoms with Gasteiger partial charge in [0.15, 0.2) is 0 Å². The number of nitrogens with one attached hydrogen (secondary N) is 2. The predicted molar refractivity (Wildman–Crippen MR) is 126 cm³/mol. The summed E-state index contributed by atoms with van der Waals surface area (Å²) in [4.78, 5) is 24.9. The molecule has 0 saturated carbocycles. The fraction of sp³-hybridized carbons (Fsp3) is 0. The lowest BCUT2D eigenvalue weighted by Gasteiger charge is -2.07. The van der Waals surface area contributed by atoms with Crippen LogP contribution in [0.1, 0.15) is 20.7 Å². The van der Waals surface area contributed by atoms with Gasteiger partial charge in [-0.1, -0.05) is 12.1 Å². The molecule has 0 saturated heterocycles. The molecule has 174 valence electrons. The molecule has 35 heavy (non-hydrogen) atoms. The van der Waals surface area contributed by atoms with Crippen LogP contribution in [-0.2, 0) is 9.84 Å². The predicted octanol–water partition coefficient (Wildman–Crippen LogP) is 5.28. The second kappa shape index (κ2) is 8.44. The van der Waals surface area contributed by atoms with E-state index >= 15 is 0 Å². The molecule has 0 fully saturated rings.